The Kier molecular flexibility index (Phi) is 9.85. The van der Waals surface area contributed by atoms with Gasteiger partial charge in [0, 0.05) is 28.1 Å². The summed E-state index contributed by atoms with van der Waals surface area (Å²) in [4.78, 5) is 57.7. The fourth-order valence-corrected chi connectivity index (χ4v) is 6.50. The minimum absolute atomic E-state index is 0.111. The van der Waals surface area contributed by atoms with Crippen LogP contribution in [0.15, 0.2) is 114 Å². The first-order valence-corrected chi connectivity index (χ1v) is 16.3. The van der Waals surface area contributed by atoms with E-state index in [1.165, 1.54) is 24.3 Å². The molecule has 49 heavy (non-hydrogen) atoms. The molecule has 0 N–H and O–H groups in total. The highest BCUT2D eigenvalue weighted by atomic mass is 35.5. The second-order valence-electron chi connectivity index (χ2n) is 10.9. The van der Waals surface area contributed by atoms with Crippen molar-refractivity contribution in [2.45, 2.75) is 16.7 Å². The van der Waals surface area contributed by atoms with Crippen molar-refractivity contribution in [2.75, 3.05) is 18.6 Å². The number of ketones is 1. The number of methoxy groups -OCH3 is 1. The average Bonchev–Trinajstić information content (AvgIpc) is 3.42. The van der Waals surface area contributed by atoms with Crippen molar-refractivity contribution in [3.8, 4) is 34.2 Å². The van der Waals surface area contributed by atoms with E-state index in [1.54, 1.807) is 43.5 Å². The van der Waals surface area contributed by atoms with Gasteiger partial charge in [-0.15, -0.1) is 0 Å². The van der Waals surface area contributed by atoms with Crippen LogP contribution in [0.3, 0.4) is 0 Å². The standard InChI is InChI=1S/C38H26ClN3O6S/c1-47-29-17-11-23(12-18-29)30-19-32(24-5-3-2-4-6-24)41-36(31(30)21-40)49-34-20-35(44)42(37(34)45)28-15-9-26(10-16-28)38(46)48-22-33(43)25-7-13-27(39)14-8-25/h2-19,34H,20,22H2,1H3. The van der Waals surface area contributed by atoms with Gasteiger partial charge < -0.3 is 9.47 Å². The van der Waals surface area contributed by atoms with Gasteiger partial charge in [-0.2, -0.15) is 5.26 Å². The lowest BCUT2D eigenvalue weighted by Gasteiger charge is -2.16. The topological polar surface area (TPSA) is 127 Å². The Morgan fingerprint density at radius 2 is 1.59 bits per heavy atom. The average molecular weight is 688 g/mol. The van der Waals surface area contributed by atoms with Crippen LogP contribution in [-0.2, 0) is 14.3 Å². The quantitative estimate of drug-likeness (QED) is 0.0838. The fourth-order valence-electron chi connectivity index (χ4n) is 5.25. The third kappa shape index (κ3) is 7.23. The van der Waals surface area contributed by atoms with Gasteiger partial charge in [0.15, 0.2) is 12.4 Å². The lowest BCUT2D eigenvalue weighted by molar-refractivity contribution is -0.121. The number of ether oxygens (including phenoxy) is 2. The smallest absolute Gasteiger partial charge is 0.338 e. The number of aromatic nitrogens is 1. The van der Waals surface area contributed by atoms with Gasteiger partial charge in [-0.25, -0.2) is 14.7 Å². The molecule has 1 aromatic heterocycles. The number of hydrogen-bond acceptors (Lipinski definition) is 9. The Morgan fingerprint density at radius 3 is 2.24 bits per heavy atom. The molecule has 6 rings (SSSR count). The summed E-state index contributed by atoms with van der Waals surface area (Å²) in [6.45, 7) is -0.464. The maximum Gasteiger partial charge on any atom is 0.338 e. The second-order valence-corrected chi connectivity index (χ2v) is 12.5. The molecule has 2 amide bonds. The predicted octanol–water partition coefficient (Wildman–Crippen LogP) is 7.41. The van der Waals surface area contributed by atoms with E-state index >= 15 is 0 Å². The molecule has 9 nitrogen and oxygen atoms in total. The SMILES string of the molecule is COc1ccc(-c2cc(-c3ccccc3)nc(SC3CC(=O)N(c4ccc(C(=O)OCC(=O)c5ccc(Cl)cc5)cc4)C3=O)c2C#N)cc1. The predicted molar refractivity (Wildman–Crippen MR) is 186 cm³/mol. The van der Waals surface area contributed by atoms with Crippen LogP contribution >= 0.6 is 23.4 Å². The molecule has 1 aliphatic rings. The largest absolute Gasteiger partial charge is 0.497 e. The molecule has 1 unspecified atom stereocenters. The number of anilines is 1. The number of halogens is 1. The van der Waals surface area contributed by atoms with E-state index in [9.17, 15) is 24.4 Å². The molecule has 1 atom stereocenters. The molecule has 5 aromatic rings. The minimum Gasteiger partial charge on any atom is -0.497 e. The third-order valence-corrected chi connectivity index (χ3v) is 9.21. The maximum absolute atomic E-state index is 13.7. The fraction of sp³-hybridized carbons (Fsp3) is 0.105. The lowest BCUT2D eigenvalue weighted by atomic mass is 9.99. The summed E-state index contributed by atoms with van der Waals surface area (Å²) < 4.78 is 10.5. The van der Waals surface area contributed by atoms with Gasteiger partial charge in [-0.05, 0) is 72.3 Å². The number of nitriles is 1. The van der Waals surface area contributed by atoms with Gasteiger partial charge in [-0.1, -0.05) is 65.8 Å². The number of esters is 1. The molecule has 0 radical (unpaired) electrons. The summed E-state index contributed by atoms with van der Waals surface area (Å²) in [6.07, 6.45) is -0.111. The molecular formula is C38H26ClN3O6S. The highest BCUT2D eigenvalue weighted by Crippen LogP contribution is 2.39. The molecule has 2 heterocycles. The summed E-state index contributed by atoms with van der Waals surface area (Å²) in [5.74, 6) is -1.36. The zero-order valence-electron chi connectivity index (χ0n) is 26.0. The Labute approximate surface area is 291 Å². The zero-order chi connectivity index (χ0) is 34.5. The molecule has 1 fully saturated rings. The number of Topliss-reactive ketones (excluding diaryl/α,β-unsaturated/α-hetero) is 1. The van der Waals surface area contributed by atoms with Crippen molar-refractivity contribution >= 4 is 52.6 Å². The first-order chi connectivity index (χ1) is 23.7. The molecule has 0 bridgehead atoms. The van der Waals surface area contributed by atoms with Gasteiger partial charge in [0.25, 0.3) is 0 Å². The molecule has 1 aliphatic heterocycles. The van der Waals surface area contributed by atoms with Crippen LogP contribution in [0, 0.1) is 11.3 Å². The number of carbonyl (C=O) groups excluding carboxylic acids is 4. The van der Waals surface area contributed by atoms with Crippen molar-refractivity contribution in [1.82, 2.24) is 4.98 Å². The van der Waals surface area contributed by atoms with Crippen LogP contribution in [0.25, 0.3) is 22.4 Å². The monoisotopic (exact) mass is 687 g/mol. The third-order valence-electron chi connectivity index (χ3n) is 7.79. The summed E-state index contributed by atoms with van der Waals surface area (Å²) in [7, 11) is 1.57. The van der Waals surface area contributed by atoms with Crippen LogP contribution in [0.5, 0.6) is 5.75 Å². The van der Waals surface area contributed by atoms with Crippen LogP contribution in [0.1, 0.15) is 32.7 Å². The number of hydrogen-bond donors (Lipinski definition) is 0. The van der Waals surface area contributed by atoms with Crippen molar-refractivity contribution in [1.29, 1.82) is 5.26 Å². The van der Waals surface area contributed by atoms with Crippen LogP contribution in [-0.4, -0.2) is 47.5 Å². The van der Waals surface area contributed by atoms with Crippen LogP contribution in [0.4, 0.5) is 5.69 Å². The van der Waals surface area contributed by atoms with E-state index in [0.29, 0.717) is 32.6 Å². The van der Waals surface area contributed by atoms with Crippen molar-refractivity contribution in [3.05, 3.63) is 131 Å². The van der Waals surface area contributed by atoms with Crippen LogP contribution < -0.4 is 9.64 Å². The van der Waals surface area contributed by atoms with Crippen molar-refractivity contribution in [2.24, 2.45) is 0 Å². The number of carbonyl (C=O) groups is 4. The van der Waals surface area contributed by atoms with E-state index < -0.39 is 35.4 Å². The van der Waals surface area contributed by atoms with Crippen LogP contribution in [0.2, 0.25) is 5.02 Å². The van der Waals surface area contributed by atoms with Gasteiger partial charge in [-0.3, -0.25) is 14.4 Å². The molecular weight excluding hydrogens is 662 g/mol. The molecule has 0 aliphatic carbocycles. The Balaban J connectivity index is 1.21. The number of imide groups is 1. The summed E-state index contributed by atoms with van der Waals surface area (Å²) in [6, 6.07) is 32.9. The summed E-state index contributed by atoms with van der Waals surface area (Å²) >= 11 is 6.93. The normalized spacial score (nSPS) is 14.0. The summed E-state index contributed by atoms with van der Waals surface area (Å²) in [5, 5.41) is 10.3. The van der Waals surface area contributed by atoms with Crippen molar-refractivity contribution < 1.29 is 28.7 Å². The van der Waals surface area contributed by atoms with Crippen molar-refractivity contribution in [3.63, 3.8) is 0 Å². The lowest BCUT2D eigenvalue weighted by Crippen LogP contribution is -2.31. The molecule has 0 spiro atoms. The summed E-state index contributed by atoms with van der Waals surface area (Å²) in [5.41, 5.74) is 3.89. The molecule has 242 valence electrons. The first-order valence-electron chi connectivity index (χ1n) is 15.0. The van der Waals surface area contributed by atoms with Gasteiger partial charge in [0.2, 0.25) is 11.8 Å². The van der Waals surface area contributed by atoms with Gasteiger partial charge in [0.1, 0.15) is 16.8 Å². The van der Waals surface area contributed by atoms with Gasteiger partial charge >= 0.3 is 5.97 Å². The first kappa shape index (κ1) is 33.2. The number of benzene rings is 4. The molecule has 4 aromatic carbocycles. The van der Waals surface area contributed by atoms with E-state index in [2.05, 4.69) is 6.07 Å². The second kappa shape index (κ2) is 14.6. The zero-order valence-corrected chi connectivity index (χ0v) is 27.5. The molecule has 11 heteroatoms. The molecule has 1 saturated heterocycles. The highest BCUT2D eigenvalue weighted by molar-refractivity contribution is 8.00. The Morgan fingerprint density at radius 1 is 0.918 bits per heavy atom. The minimum atomic E-state index is -0.842. The molecule has 0 saturated carbocycles. The highest BCUT2D eigenvalue weighted by Gasteiger charge is 2.41. The van der Waals surface area contributed by atoms with E-state index in [-0.39, 0.29) is 23.2 Å². The van der Waals surface area contributed by atoms with E-state index in [4.69, 9.17) is 26.1 Å². The van der Waals surface area contributed by atoms with E-state index in [1.807, 2.05) is 48.5 Å². The number of pyridine rings is 1. The number of amides is 2. The number of rotatable bonds is 10. The Hall–Kier alpha value is -5.76. The van der Waals surface area contributed by atoms with E-state index in [0.717, 1.165) is 27.8 Å². The maximum atomic E-state index is 13.7. The number of thioether (sulfide) groups is 1. The van der Waals surface area contributed by atoms with Gasteiger partial charge in [0.05, 0.1) is 34.9 Å². The number of nitrogens with zero attached hydrogens (tertiary/aromatic N) is 3. The Bertz CT molecular complexity index is 2100.